The smallest absolute Gasteiger partial charge is 0.271 e. The van der Waals surface area contributed by atoms with Crippen LogP contribution in [0.5, 0.6) is 0 Å². The molecule has 9 heteroatoms. The van der Waals surface area contributed by atoms with Crippen LogP contribution in [0.3, 0.4) is 0 Å². The molecule has 3 aromatic carbocycles. The van der Waals surface area contributed by atoms with Gasteiger partial charge in [0.2, 0.25) is 0 Å². The highest BCUT2D eigenvalue weighted by molar-refractivity contribution is 6.30. The van der Waals surface area contributed by atoms with E-state index < -0.39 is 4.92 Å². The van der Waals surface area contributed by atoms with Crippen LogP contribution in [0.1, 0.15) is 16.7 Å². The number of hydrogen-bond donors (Lipinski definition) is 3. The first-order valence-corrected chi connectivity index (χ1v) is 10.3. The summed E-state index contributed by atoms with van der Waals surface area (Å²) < 4.78 is 0. The minimum atomic E-state index is -0.402. The van der Waals surface area contributed by atoms with Gasteiger partial charge in [-0.05, 0) is 34.9 Å². The second-order valence-corrected chi connectivity index (χ2v) is 7.75. The number of nitro benzene ring substituents is 1. The second kappa shape index (κ2) is 11.1. The number of non-ortho nitro benzene ring substituents is 1. The summed E-state index contributed by atoms with van der Waals surface area (Å²) in [6.07, 6.45) is 0. The molecule has 5 N–H and O–H groups in total. The Morgan fingerprint density at radius 1 is 0.969 bits per heavy atom. The molecule has 0 aliphatic heterocycles. The van der Waals surface area contributed by atoms with Crippen LogP contribution in [0.2, 0.25) is 5.02 Å². The van der Waals surface area contributed by atoms with Gasteiger partial charge < -0.3 is 16.8 Å². The fraction of sp³-hybridized carbons (Fsp3) is 0.174. The largest absolute Gasteiger partial charge is 0.372 e. The van der Waals surface area contributed by atoms with E-state index in [1.165, 1.54) is 12.1 Å². The fourth-order valence-electron chi connectivity index (χ4n) is 3.14. The number of benzene rings is 3. The summed E-state index contributed by atoms with van der Waals surface area (Å²) in [6.45, 7) is 2.28. The van der Waals surface area contributed by atoms with Gasteiger partial charge in [0.15, 0.2) is 5.96 Å². The second-order valence-electron chi connectivity index (χ2n) is 7.31. The van der Waals surface area contributed by atoms with E-state index in [4.69, 9.17) is 23.1 Å². The van der Waals surface area contributed by atoms with Crippen LogP contribution in [0.15, 0.2) is 77.8 Å². The maximum atomic E-state index is 11.0. The zero-order chi connectivity index (χ0) is 22.9. The average molecular weight is 453 g/mol. The zero-order valence-corrected chi connectivity index (χ0v) is 18.2. The molecule has 0 aromatic heterocycles. The number of rotatable bonds is 10. The van der Waals surface area contributed by atoms with Gasteiger partial charge in [0.05, 0.1) is 18.1 Å². The summed E-state index contributed by atoms with van der Waals surface area (Å²) in [7, 11) is 0. The summed E-state index contributed by atoms with van der Waals surface area (Å²) in [5.74, 6) is 0.0652. The molecule has 0 heterocycles. The molecule has 0 atom stereocenters. The van der Waals surface area contributed by atoms with Gasteiger partial charge in [-0.2, -0.15) is 0 Å². The first kappa shape index (κ1) is 23.1. The summed E-state index contributed by atoms with van der Waals surface area (Å²) in [6, 6.07) is 22.3. The topological polar surface area (TPSA) is 123 Å². The predicted molar refractivity (Wildman–Crippen MR) is 128 cm³/mol. The number of anilines is 1. The molecular formula is C23H25ClN6O2. The van der Waals surface area contributed by atoms with Crippen molar-refractivity contribution in [1.82, 2.24) is 4.90 Å². The van der Waals surface area contributed by atoms with Crippen molar-refractivity contribution in [3.05, 3.63) is 105 Å². The van der Waals surface area contributed by atoms with Gasteiger partial charge >= 0.3 is 0 Å². The van der Waals surface area contributed by atoms with E-state index in [2.05, 4.69) is 15.2 Å². The summed E-state index contributed by atoms with van der Waals surface area (Å²) in [5.41, 5.74) is 14.8. The van der Waals surface area contributed by atoms with Crippen molar-refractivity contribution < 1.29 is 4.92 Å². The van der Waals surface area contributed by atoms with Gasteiger partial charge in [0.25, 0.3) is 5.69 Å². The van der Waals surface area contributed by atoms with Crippen molar-refractivity contribution in [2.24, 2.45) is 16.5 Å². The Hall–Kier alpha value is -3.62. The molecule has 3 rings (SSSR count). The summed E-state index contributed by atoms with van der Waals surface area (Å²) in [4.78, 5) is 16.9. The molecule has 32 heavy (non-hydrogen) atoms. The standard InChI is InChI=1S/C23H25ClN6O2/c24-20-10-8-19(9-11-20)15-29(16-28-21-2-1-3-22(12-21)30(31)32)14-18-6-4-17(5-7-18)13-27-23(25)26/h1-12,28H,13-16H2,(H4,25,26,27). The molecule has 0 aliphatic rings. The van der Waals surface area contributed by atoms with Crippen LogP contribution in [0.25, 0.3) is 0 Å². The van der Waals surface area contributed by atoms with Gasteiger partial charge in [-0.1, -0.05) is 54.1 Å². The van der Waals surface area contributed by atoms with Crippen LogP contribution >= 0.6 is 11.6 Å². The molecule has 3 aromatic rings. The molecule has 0 bridgehead atoms. The normalized spacial score (nSPS) is 10.7. The monoisotopic (exact) mass is 452 g/mol. The van der Waals surface area contributed by atoms with Crippen molar-refractivity contribution in [1.29, 1.82) is 0 Å². The number of nitrogens with zero attached hydrogens (tertiary/aromatic N) is 3. The van der Waals surface area contributed by atoms with Crippen molar-refractivity contribution in [2.75, 3.05) is 12.0 Å². The Kier molecular flexibility index (Phi) is 8.02. The van der Waals surface area contributed by atoms with Crippen LogP contribution in [0, 0.1) is 10.1 Å². The van der Waals surface area contributed by atoms with Crippen molar-refractivity contribution in [3.8, 4) is 0 Å². The maximum absolute atomic E-state index is 11.0. The third kappa shape index (κ3) is 7.26. The third-order valence-corrected chi connectivity index (χ3v) is 5.01. The van der Waals surface area contributed by atoms with E-state index in [1.54, 1.807) is 6.07 Å². The highest BCUT2D eigenvalue weighted by atomic mass is 35.5. The Labute approximate surface area is 191 Å². The molecule has 0 spiro atoms. The van der Waals surface area contributed by atoms with Crippen molar-refractivity contribution in [2.45, 2.75) is 19.6 Å². The van der Waals surface area contributed by atoms with E-state index in [0.717, 1.165) is 16.7 Å². The molecule has 0 amide bonds. The lowest BCUT2D eigenvalue weighted by Crippen LogP contribution is -2.28. The number of nitro groups is 1. The number of guanidine groups is 1. The molecule has 0 saturated carbocycles. The van der Waals surface area contributed by atoms with Crippen LogP contribution < -0.4 is 16.8 Å². The third-order valence-electron chi connectivity index (χ3n) is 4.76. The quantitative estimate of drug-likeness (QED) is 0.140. The minimum absolute atomic E-state index is 0.0515. The Morgan fingerprint density at radius 3 is 2.16 bits per heavy atom. The van der Waals surface area contributed by atoms with Gasteiger partial charge in [0, 0.05) is 35.9 Å². The van der Waals surface area contributed by atoms with Crippen LogP contribution in [-0.2, 0) is 19.6 Å². The first-order chi connectivity index (χ1) is 15.4. The molecule has 8 nitrogen and oxygen atoms in total. The van der Waals surface area contributed by atoms with E-state index >= 15 is 0 Å². The zero-order valence-electron chi connectivity index (χ0n) is 17.4. The van der Waals surface area contributed by atoms with Crippen LogP contribution in [0.4, 0.5) is 11.4 Å². The highest BCUT2D eigenvalue weighted by Gasteiger charge is 2.10. The molecule has 0 fully saturated rings. The van der Waals surface area contributed by atoms with Crippen molar-refractivity contribution >= 4 is 28.9 Å². The van der Waals surface area contributed by atoms with E-state index in [9.17, 15) is 10.1 Å². The summed E-state index contributed by atoms with van der Waals surface area (Å²) in [5, 5.41) is 15.0. The van der Waals surface area contributed by atoms with E-state index in [0.29, 0.717) is 37.0 Å². The van der Waals surface area contributed by atoms with Gasteiger partial charge in [0.1, 0.15) is 0 Å². The predicted octanol–water partition coefficient (Wildman–Crippen LogP) is 4.09. The molecule has 166 valence electrons. The number of nitrogens with one attached hydrogen (secondary N) is 1. The minimum Gasteiger partial charge on any atom is -0.372 e. The molecule has 0 unspecified atom stereocenters. The lowest BCUT2D eigenvalue weighted by atomic mass is 10.1. The molecule has 0 radical (unpaired) electrons. The Bertz CT molecular complexity index is 1070. The van der Waals surface area contributed by atoms with E-state index in [1.807, 2.05) is 54.6 Å². The van der Waals surface area contributed by atoms with E-state index in [-0.39, 0.29) is 11.6 Å². The van der Waals surface area contributed by atoms with Gasteiger partial charge in [-0.25, -0.2) is 4.99 Å². The molecule has 0 aliphatic carbocycles. The number of halogens is 1. The fourth-order valence-corrected chi connectivity index (χ4v) is 3.27. The Balaban J connectivity index is 1.71. The van der Waals surface area contributed by atoms with Gasteiger partial charge in [-0.15, -0.1) is 0 Å². The number of hydrogen-bond acceptors (Lipinski definition) is 5. The van der Waals surface area contributed by atoms with Crippen molar-refractivity contribution in [3.63, 3.8) is 0 Å². The summed E-state index contributed by atoms with van der Waals surface area (Å²) >= 11 is 6.01. The maximum Gasteiger partial charge on any atom is 0.271 e. The lowest BCUT2D eigenvalue weighted by molar-refractivity contribution is -0.384. The SMILES string of the molecule is NC(N)=NCc1ccc(CN(CNc2cccc([N+](=O)[O-])c2)Cc2ccc(Cl)cc2)cc1. The number of aliphatic imine (C=N–C) groups is 1. The van der Waals surface area contributed by atoms with Crippen LogP contribution in [-0.4, -0.2) is 22.5 Å². The molecule has 0 saturated heterocycles. The van der Waals surface area contributed by atoms with Gasteiger partial charge in [-0.3, -0.25) is 15.0 Å². The first-order valence-electron chi connectivity index (χ1n) is 9.97. The number of nitrogens with two attached hydrogens (primary N) is 2. The Morgan fingerprint density at radius 2 is 1.56 bits per heavy atom. The highest BCUT2D eigenvalue weighted by Crippen LogP contribution is 2.19. The average Bonchev–Trinajstić information content (AvgIpc) is 2.78. The lowest BCUT2D eigenvalue weighted by Gasteiger charge is -2.24. The molecular weight excluding hydrogens is 428 g/mol.